The van der Waals surface area contributed by atoms with Gasteiger partial charge in [-0.05, 0) is 39.3 Å². The third-order valence-corrected chi connectivity index (χ3v) is 2.91. The molecule has 4 nitrogen and oxygen atoms in total. The molecule has 98 valence electrons. The molecule has 0 aliphatic heterocycles. The zero-order valence-electron chi connectivity index (χ0n) is 11.3. The summed E-state index contributed by atoms with van der Waals surface area (Å²) < 4.78 is 7.40. The molecule has 1 atom stereocenters. The first-order chi connectivity index (χ1) is 8.29. The number of ether oxygens (including phenoxy) is 1. The fraction of sp³-hybridized carbons (Fsp3) is 0.769. The lowest BCUT2D eigenvalue weighted by molar-refractivity contribution is 0.144. The van der Waals surface area contributed by atoms with Gasteiger partial charge in [0.2, 0.25) is 0 Å². The topological polar surface area (TPSA) is 39.1 Å². The molecule has 0 aromatic carbocycles. The van der Waals surface area contributed by atoms with Crippen LogP contribution in [0.25, 0.3) is 0 Å². The summed E-state index contributed by atoms with van der Waals surface area (Å²) in [6.07, 6.45) is 4.05. The zero-order chi connectivity index (χ0) is 12.5. The van der Waals surface area contributed by atoms with E-state index in [9.17, 15) is 0 Å². The first-order valence-electron chi connectivity index (χ1n) is 6.60. The van der Waals surface area contributed by atoms with E-state index >= 15 is 0 Å². The second-order valence-corrected chi connectivity index (χ2v) is 4.25. The highest BCUT2D eigenvalue weighted by Crippen LogP contribution is 2.11. The van der Waals surface area contributed by atoms with Crippen molar-refractivity contribution in [3.05, 3.63) is 18.0 Å². The van der Waals surface area contributed by atoms with E-state index in [1.807, 2.05) is 13.1 Å². The summed E-state index contributed by atoms with van der Waals surface area (Å²) in [4.78, 5) is 0. The van der Waals surface area contributed by atoms with Crippen molar-refractivity contribution in [1.29, 1.82) is 0 Å². The summed E-state index contributed by atoms with van der Waals surface area (Å²) in [5.74, 6) is 0. The Morgan fingerprint density at radius 3 is 3.00 bits per heavy atom. The van der Waals surface area contributed by atoms with Crippen LogP contribution in [-0.2, 0) is 11.3 Å². The average molecular weight is 239 g/mol. The Kier molecular flexibility index (Phi) is 6.89. The molecule has 0 fully saturated rings. The lowest BCUT2D eigenvalue weighted by Gasteiger charge is -2.14. The molecule has 0 aliphatic rings. The molecule has 1 aromatic rings. The molecule has 0 saturated carbocycles. The van der Waals surface area contributed by atoms with Gasteiger partial charge in [-0.25, -0.2) is 0 Å². The van der Waals surface area contributed by atoms with E-state index in [1.54, 1.807) is 0 Å². The zero-order valence-corrected chi connectivity index (χ0v) is 11.3. The Hall–Kier alpha value is -0.870. The smallest absolute Gasteiger partial charge is 0.0525 e. The van der Waals surface area contributed by atoms with Crippen molar-refractivity contribution in [3.63, 3.8) is 0 Å². The van der Waals surface area contributed by atoms with E-state index in [-0.39, 0.29) is 0 Å². The average Bonchev–Trinajstić information content (AvgIpc) is 2.81. The Bertz CT molecular complexity index is 299. The molecule has 0 amide bonds. The lowest BCUT2D eigenvalue weighted by atomic mass is 10.2. The molecule has 1 heterocycles. The summed E-state index contributed by atoms with van der Waals surface area (Å²) in [7, 11) is 0. The van der Waals surface area contributed by atoms with Gasteiger partial charge in [0.15, 0.2) is 0 Å². The predicted molar refractivity (Wildman–Crippen MR) is 70.0 cm³/mol. The second-order valence-electron chi connectivity index (χ2n) is 4.25. The Morgan fingerprint density at radius 2 is 2.29 bits per heavy atom. The van der Waals surface area contributed by atoms with Crippen molar-refractivity contribution in [1.82, 2.24) is 15.1 Å². The van der Waals surface area contributed by atoms with Crippen molar-refractivity contribution in [3.8, 4) is 0 Å². The van der Waals surface area contributed by atoms with Crippen LogP contribution in [-0.4, -0.2) is 29.5 Å². The molecule has 0 saturated heterocycles. The van der Waals surface area contributed by atoms with Gasteiger partial charge in [-0.15, -0.1) is 0 Å². The third-order valence-electron chi connectivity index (χ3n) is 2.91. The van der Waals surface area contributed by atoms with Crippen LogP contribution in [0.3, 0.4) is 0 Å². The van der Waals surface area contributed by atoms with Crippen LogP contribution < -0.4 is 5.32 Å². The maximum atomic E-state index is 5.29. The number of rotatable bonds is 9. The van der Waals surface area contributed by atoms with Crippen LogP contribution in [0.4, 0.5) is 0 Å². The molecule has 1 aromatic heterocycles. The van der Waals surface area contributed by atoms with Crippen molar-refractivity contribution < 1.29 is 4.74 Å². The van der Waals surface area contributed by atoms with Crippen LogP contribution in [0.15, 0.2) is 12.3 Å². The van der Waals surface area contributed by atoms with E-state index in [2.05, 4.69) is 35.0 Å². The van der Waals surface area contributed by atoms with E-state index in [0.717, 1.165) is 39.1 Å². The van der Waals surface area contributed by atoms with Crippen molar-refractivity contribution in [2.24, 2.45) is 0 Å². The van der Waals surface area contributed by atoms with Gasteiger partial charge in [-0.1, -0.05) is 6.92 Å². The first kappa shape index (κ1) is 14.2. The molecule has 0 aliphatic carbocycles. The van der Waals surface area contributed by atoms with Gasteiger partial charge in [0, 0.05) is 32.0 Å². The van der Waals surface area contributed by atoms with Gasteiger partial charge in [-0.3, -0.25) is 4.68 Å². The van der Waals surface area contributed by atoms with Gasteiger partial charge in [0.05, 0.1) is 5.69 Å². The molecule has 1 rings (SSSR count). The molecule has 0 bridgehead atoms. The molecule has 17 heavy (non-hydrogen) atoms. The number of hydrogen-bond acceptors (Lipinski definition) is 3. The summed E-state index contributed by atoms with van der Waals surface area (Å²) in [5, 5.41) is 7.79. The normalized spacial score (nSPS) is 12.9. The van der Waals surface area contributed by atoms with E-state index < -0.39 is 0 Å². The Morgan fingerprint density at radius 1 is 1.47 bits per heavy atom. The largest absolute Gasteiger partial charge is 0.382 e. The SMILES string of the molecule is CCOCCCNCc1ccnn1[C@@H](C)CC. The second kappa shape index (κ2) is 8.25. The standard InChI is InChI=1S/C13H25N3O/c1-4-12(3)16-13(7-9-15-16)11-14-8-6-10-17-5-2/h7,9,12,14H,4-6,8,10-11H2,1-3H3/t12-/m0/s1. The van der Waals surface area contributed by atoms with E-state index in [1.165, 1.54) is 5.69 Å². The van der Waals surface area contributed by atoms with Crippen LogP contribution in [0.1, 0.15) is 45.3 Å². The molecule has 0 unspecified atom stereocenters. The highest BCUT2D eigenvalue weighted by atomic mass is 16.5. The van der Waals surface area contributed by atoms with Crippen LogP contribution in [0.2, 0.25) is 0 Å². The highest BCUT2D eigenvalue weighted by molar-refractivity contribution is 5.01. The molecule has 1 N–H and O–H groups in total. The third kappa shape index (κ3) is 4.88. The fourth-order valence-electron chi connectivity index (χ4n) is 1.71. The maximum Gasteiger partial charge on any atom is 0.0525 e. The molecule has 0 spiro atoms. The van der Waals surface area contributed by atoms with Gasteiger partial charge >= 0.3 is 0 Å². The molecular formula is C13H25N3O. The Labute approximate surface area is 104 Å². The first-order valence-corrected chi connectivity index (χ1v) is 6.60. The van der Waals surface area contributed by atoms with Gasteiger partial charge < -0.3 is 10.1 Å². The summed E-state index contributed by atoms with van der Waals surface area (Å²) in [5.41, 5.74) is 1.26. The quantitative estimate of drug-likeness (QED) is 0.672. The Balaban J connectivity index is 2.24. The van der Waals surface area contributed by atoms with Crippen LogP contribution in [0.5, 0.6) is 0 Å². The predicted octanol–water partition coefficient (Wildman–Crippen LogP) is 2.37. The number of hydrogen-bond donors (Lipinski definition) is 1. The number of nitrogens with one attached hydrogen (secondary N) is 1. The van der Waals surface area contributed by atoms with Crippen molar-refractivity contribution >= 4 is 0 Å². The van der Waals surface area contributed by atoms with Crippen molar-refractivity contribution in [2.45, 2.75) is 46.2 Å². The van der Waals surface area contributed by atoms with Gasteiger partial charge in [0.1, 0.15) is 0 Å². The minimum absolute atomic E-state index is 0.477. The fourth-order valence-corrected chi connectivity index (χ4v) is 1.71. The molecule has 4 heteroatoms. The van der Waals surface area contributed by atoms with Gasteiger partial charge in [-0.2, -0.15) is 5.10 Å². The lowest BCUT2D eigenvalue weighted by Crippen LogP contribution is -2.20. The minimum atomic E-state index is 0.477. The monoisotopic (exact) mass is 239 g/mol. The van der Waals surface area contributed by atoms with E-state index in [0.29, 0.717) is 6.04 Å². The summed E-state index contributed by atoms with van der Waals surface area (Å²) >= 11 is 0. The van der Waals surface area contributed by atoms with Gasteiger partial charge in [0.25, 0.3) is 0 Å². The van der Waals surface area contributed by atoms with E-state index in [4.69, 9.17) is 4.74 Å². The molecular weight excluding hydrogens is 214 g/mol. The number of aromatic nitrogens is 2. The summed E-state index contributed by atoms with van der Waals surface area (Å²) in [6, 6.07) is 2.56. The van der Waals surface area contributed by atoms with Crippen LogP contribution >= 0.6 is 0 Å². The molecule has 0 radical (unpaired) electrons. The van der Waals surface area contributed by atoms with Crippen LogP contribution in [0, 0.1) is 0 Å². The van der Waals surface area contributed by atoms with Crippen molar-refractivity contribution in [2.75, 3.05) is 19.8 Å². The maximum absolute atomic E-state index is 5.29. The highest BCUT2D eigenvalue weighted by Gasteiger charge is 2.07. The minimum Gasteiger partial charge on any atom is -0.382 e. The number of nitrogens with zero attached hydrogens (tertiary/aromatic N) is 2. The summed E-state index contributed by atoms with van der Waals surface area (Å²) in [6.45, 7) is 9.94.